The first-order valence-corrected chi connectivity index (χ1v) is 7.64. The molecule has 1 unspecified atom stereocenters. The van der Waals surface area contributed by atoms with E-state index >= 15 is 0 Å². The third-order valence-corrected chi connectivity index (χ3v) is 4.40. The Morgan fingerprint density at radius 1 is 1.16 bits per heavy atom. The second-order valence-electron chi connectivity index (χ2n) is 5.94. The van der Waals surface area contributed by atoms with Crippen molar-refractivity contribution in [2.75, 3.05) is 19.6 Å². The molecule has 5 nitrogen and oxygen atoms in total. The van der Waals surface area contributed by atoms with Gasteiger partial charge in [-0.2, -0.15) is 4.98 Å². The van der Waals surface area contributed by atoms with Gasteiger partial charge < -0.3 is 15.2 Å². The first-order chi connectivity index (χ1) is 9.33. The van der Waals surface area contributed by atoms with E-state index in [0.29, 0.717) is 11.7 Å². The van der Waals surface area contributed by atoms with Gasteiger partial charge in [-0.3, -0.25) is 0 Å². The second kappa shape index (κ2) is 6.01. The molecule has 1 aliphatic heterocycles. The molecule has 2 fully saturated rings. The van der Waals surface area contributed by atoms with Gasteiger partial charge in [0.1, 0.15) is 0 Å². The number of rotatable bonds is 4. The van der Waals surface area contributed by atoms with Crippen molar-refractivity contribution in [3.05, 3.63) is 11.7 Å². The largest absolute Gasteiger partial charge is 0.339 e. The van der Waals surface area contributed by atoms with E-state index < -0.39 is 0 Å². The summed E-state index contributed by atoms with van der Waals surface area (Å²) in [6.45, 7) is 3.16. The number of piperidine rings is 1. The van der Waals surface area contributed by atoms with Crippen LogP contribution in [0.3, 0.4) is 0 Å². The lowest BCUT2D eigenvalue weighted by molar-refractivity contribution is 0.213. The minimum absolute atomic E-state index is 0.114. The molecule has 1 aromatic rings. The van der Waals surface area contributed by atoms with Gasteiger partial charge in [0.2, 0.25) is 5.89 Å². The molecule has 0 bridgehead atoms. The van der Waals surface area contributed by atoms with E-state index in [1.54, 1.807) is 0 Å². The van der Waals surface area contributed by atoms with Gasteiger partial charge in [-0.15, -0.1) is 0 Å². The van der Waals surface area contributed by atoms with Crippen LogP contribution in [0.1, 0.15) is 68.6 Å². The second-order valence-corrected chi connectivity index (χ2v) is 5.94. The molecule has 0 amide bonds. The Hall–Kier alpha value is -0.940. The molecule has 1 saturated heterocycles. The van der Waals surface area contributed by atoms with Crippen molar-refractivity contribution in [1.82, 2.24) is 15.0 Å². The number of hydrogen-bond donors (Lipinski definition) is 1. The van der Waals surface area contributed by atoms with Crippen LogP contribution in [-0.4, -0.2) is 34.7 Å². The predicted octanol–water partition coefficient (Wildman–Crippen LogP) is 2.21. The van der Waals surface area contributed by atoms with Crippen molar-refractivity contribution < 1.29 is 4.52 Å². The predicted molar refractivity (Wildman–Crippen MR) is 72.7 cm³/mol. The number of nitrogens with zero attached hydrogens (tertiary/aromatic N) is 3. The summed E-state index contributed by atoms with van der Waals surface area (Å²) in [6.07, 6.45) is 8.84. The van der Waals surface area contributed by atoms with Gasteiger partial charge in [0.25, 0.3) is 0 Å². The normalized spacial score (nSPS) is 23.8. The van der Waals surface area contributed by atoms with Crippen molar-refractivity contribution in [3.63, 3.8) is 0 Å². The molecule has 5 heteroatoms. The van der Waals surface area contributed by atoms with E-state index in [9.17, 15) is 0 Å². The average molecular weight is 264 g/mol. The summed E-state index contributed by atoms with van der Waals surface area (Å²) in [5.74, 6) is 1.97. The van der Waals surface area contributed by atoms with Gasteiger partial charge in [0.15, 0.2) is 5.82 Å². The quantitative estimate of drug-likeness (QED) is 0.903. The van der Waals surface area contributed by atoms with Crippen LogP contribution >= 0.6 is 0 Å². The zero-order chi connectivity index (χ0) is 13.1. The Morgan fingerprint density at radius 3 is 2.63 bits per heavy atom. The summed E-state index contributed by atoms with van der Waals surface area (Å²) in [4.78, 5) is 6.94. The number of hydrogen-bond acceptors (Lipinski definition) is 5. The van der Waals surface area contributed by atoms with Gasteiger partial charge in [0.05, 0.1) is 6.04 Å². The van der Waals surface area contributed by atoms with E-state index in [1.807, 2.05) is 0 Å². The minimum Gasteiger partial charge on any atom is -0.339 e. The van der Waals surface area contributed by atoms with E-state index in [0.717, 1.165) is 25.5 Å². The molecule has 2 aliphatic rings. The highest BCUT2D eigenvalue weighted by Crippen LogP contribution is 2.33. The van der Waals surface area contributed by atoms with Gasteiger partial charge in [0, 0.05) is 12.5 Å². The Kier molecular flexibility index (Phi) is 4.13. The lowest BCUT2D eigenvalue weighted by Gasteiger charge is -2.27. The molecule has 2 heterocycles. The zero-order valence-corrected chi connectivity index (χ0v) is 11.6. The molecule has 1 saturated carbocycles. The molecule has 1 atom stereocenters. The topological polar surface area (TPSA) is 68.2 Å². The Morgan fingerprint density at radius 2 is 1.89 bits per heavy atom. The number of likely N-dealkylation sites (tertiary alicyclic amines) is 1. The number of aromatic nitrogens is 2. The Labute approximate surface area is 114 Å². The van der Waals surface area contributed by atoms with Crippen LogP contribution in [0.2, 0.25) is 0 Å². The molecule has 19 heavy (non-hydrogen) atoms. The highest BCUT2D eigenvalue weighted by atomic mass is 16.5. The van der Waals surface area contributed by atoms with Crippen molar-refractivity contribution in [1.29, 1.82) is 0 Å². The van der Waals surface area contributed by atoms with Crippen LogP contribution in [-0.2, 0) is 0 Å². The molecule has 1 aromatic heterocycles. The van der Waals surface area contributed by atoms with E-state index in [1.165, 1.54) is 44.9 Å². The summed E-state index contributed by atoms with van der Waals surface area (Å²) < 4.78 is 5.40. The summed E-state index contributed by atoms with van der Waals surface area (Å²) in [5, 5.41) is 4.09. The molecular formula is C14H24N4O. The summed E-state index contributed by atoms with van der Waals surface area (Å²) in [6, 6.07) is -0.114. The zero-order valence-electron chi connectivity index (χ0n) is 11.6. The highest BCUT2D eigenvalue weighted by Gasteiger charge is 2.25. The van der Waals surface area contributed by atoms with E-state index in [-0.39, 0.29) is 6.04 Å². The molecule has 0 aromatic carbocycles. The van der Waals surface area contributed by atoms with Crippen LogP contribution < -0.4 is 5.73 Å². The third kappa shape index (κ3) is 3.15. The molecule has 0 spiro atoms. The number of nitrogens with two attached hydrogens (primary N) is 1. The minimum atomic E-state index is -0.114. The van der Waals surface area contributed by atoms with Gasteiger partial charge >= 0.3 is 0 Å². The van der Waals surface area contributed by atoms with Crippen LogP contribution in [0.5, 0.6) is 0 Å². The van der Waals surface area contributed by atoms with E-state index in [4.69, 9.17) is 10.3 Å². The Bertz CT molecular complexity index is 394. The van der Waals surface area contributed by atoms with Crippen LogP contribution in [0.15, 0.2) is 4.52 Å². The molecule has 0 radical (unpaired) electrons. The van der Waals surface area contributed by atoms with Crippen LogP contribution in [0.4, 0.5) is 0 Å². The van der Waals surface area contributed by atoms with Gasteiger partial charge in [-0.05, 0) is 38.8 Å². The average Bonchev–Trinajstić information content (AvgIpc) is 3.11. The van der Waals surface area contributed by atoms with E-state index in [2.05, 4.69) is 15.0 Å². The smallest absolute Gasteiger partial charge is 0.229 e. The summed E-state index contributed by atoms with van der Waals surface area (Å²) in [5.41, 5.74) is 6.21. The van der Waals surface area contributed by atoms with Crippen molar-refractivity contribution >= 4 is 0 Å². The SMILES string of the molecule is NC(CN1CCCCC1)c1noc(C2CCCC2)n1. The maximum atomic E-state index is 6.21. The molecule has 106 valence electrons. The third-order valence-electron chi connectivity index (χ3n) is 4.40. The van der Waals surface area contributed by atoms with Crippen molar-refractivity contribution in [3.8, 4) is 0 Å². The standard InChI is InChI=1S/C14H24N4O/c15-12(10-18-8-4-1-5-9-18)13-16-14(19-17-13)11-6-2-3-7-11/h11-12H,1-10,15H2. The Balaban J connectivity index is 1.58. The van der Waals surface area contributed by atoms with Crippen LogP contribution in [0.25, 0.3) is 0 Å². The molecule has 2 N–H and O–H groups in total. The fraction of sp³-hybridized carbons (Fsp3) is 0.857. The van der Waals surface area contributed by atoms with Crippen molar-refractivity contribution in [2.45, 2.75) is 56.9 Å². The lowest BCUT2D eigenvalue weighted by Crippen LogP contribution is -2.36. The van der Waals surface area contributed by atoms with Gasteiger partial charge in [-0.25, -0.2) is 0 Å². The maximum absolute atomic E-state index is 6.21. The molecular weight excluding hydrogens is 240 g/mol. The molecule has 1 aliphatic carbocycles. The fourth-order valence-electron chi connectivity index (χ4n) is 3.24. The highest BCUT2D eigenvalue weighted by molar-refractivity contribution is 5.00. The van der Waals surface area contributed by atoms with Crippen molar-refractivity contribution in [2.24, 2.45) is 5.73 Å². The monoisotopic (exact) mass is 264 g/mol. The molecule has 3 rings (SSSR count). The first kappa shape index (κ1) is 13.1. The lowest BCUT2D eigenvalue weighted by atomic mass is 10.1. The maximum Gasteiger partial charge on any atom is 0.229 e. The summed E-state index contributed by atoms with van der Waals surface area (Å²) >= 11 is 0. The summed E-state index contributed by atoms with van der Waals surface area (Å²) in [7, 11) is 0. The fourth-order valence-corrected chi connectivity index (χ4v) is 3.24. The van der Waals surface area contributed by atoms with Crippen LogP contribution in [0, 0.1) is 0 Å². The van der Waals surface area contributed by atoms with Gasteiger partial charge in [-0.1, -0.05) is 24.4 Å². The first-order valence-electron chi connectivity index (χ1n) is 7.64.